The summed E-state index contributed by atoms with van der Waals surface area (Å²) in [5, 5.41) is 7.69. The van der Waals surface area contributed by atoms with Crippen LogP contribution in [-0.4, -0.2) is 19.7 Å². The third-order valence-corrected chi connectivity index (χ3v) is 3.89. The van der Waals surface area contributed by atoms with Crippen LogP contribution in [0, 0.1) is 6.92 Å². The molecule has 1 aliphatic rings. The predicted octanol–water partition coefficient (Wildman–Crippen LogP) is 3.04. The first-order chi connectivity index (χ1) is 10.8. The molecule has 1 atom stereocenters. The van der Waals surface area contributed by atoms with Gasteiger partial charge in [-0.15, -0.1) is 0 Å². The molecule has 0 unspecified atom stereocenters. The lowest BCUT2D eigenvalue weighted by atomic mass is 9.98. The van der Waals surface area contributed by atoms with Crippen molar-refractivity contribution < 1.29 is 0 Å². The van der Waals surface area contributed by atoms with Gasteiger partial charge in [0.05, 0.1) is 0 Å². The van der Waals surface area contributed by atoms with Crippen LogP contribution < -0.4 is 5.32 Å². The molecular formula is C17H15N5. The van der Waals surface area contributed by atoms with Gasteiger partial charge in [0.1, 0.15) is 12.4 Å². The van der Waals surface area contributed by atoms with Crippen LogP contribution in [0.15, 0.2) is 61.2 Å². The molecule has 2 aromatic heterocycles. The lowest BCUT2D eigenvalue weighted by molar-refractivity contribution is 0.609. The molecule has 0 saturated carbocycles. The van der Waals surface area contributed by atoms with E-state index in [1.165, 1.54) is 11.1 Å². The summed E-state index contributed by atoms with van der Waals surface area (Å²) in [6.45, 7) is 2.12. The lowest BCUT2D eigenvalue weighted by Crippen LogP contribution is -2.20. The highest BCUT2D eigenvalue weighted by Crippen LogP contribution is 2.32. The molecule has 1 N–H and O–H groups in total. The second-order valence-electron chi connectivity index (χ2n) is 5.28. The maximum atomic E-state index is 4.37. The third-order valence-electron chi connectivity index (χ3n) is 3.89. The fourth-order valence-electron chi connectivity index (χ4n) is 2.76. The van der Waals surface area contributed by atoms with Crippen molar-refractivity contribution in [2.45, 2.75) is 13.0 Å². The number of nitrogens with zero attached hydrogens (tertiary/aromatic N) is 4. The molecule has 0 radical (unpaired) electrons. The maximum Gasteiger partial charge on any atom is 0.226 e. The highest BCUT2D eigenvalue weighted by atomic mass is 15.4. The second-order valence-corrected chi connectivity index (χ2v) is 5.28. The van der Waals surface area contributed by atoms with Crippen molar-refractivity contribution in [2.24, 2.45) is 0 Å². The monoisotopic (exact) mass is 289 g/mol. The number of fused-ring (bicyclic) bond motifs is 1. The number of aryl methyl sites for hydroxylation is 1. The summed E-state index contributed by atoms with van der Waals surface area (Å²) in [6.07, 6.45) is 7.36. The largest absolute Gasteiger partial charge is 0.324 e. The highest BCUT2D eigenvalue weighted by molar-refractivity contribution is 5.76. The van der Waals surface area contributed by atoms with Gasteiger partial charge in [-0.25, -0.2) is 4.68 Å². The standard InChI is InChI=1S/C17H15N5/c1-12-5-2-3-7-14(12)16-9-15(13-6-4-8-18-10-13)21-17-19-11-20-22(16)17/h2-11,16H,1H3,(H,19,20,21)/t16-/m0/s1. The molecule has 3 heterocycles. The van der Waals surface area contributed by atoms with Gasteiger partial charge < -0.3 is 5.32 Å². The summed E-state index contributed by atoms with van der Waals surface area (Å²) < 4.78 is 1.90. The van der Waals surface area contributed by atoms with Gasteiger partial charge in [-0.05, 0) is 36.3 Å². The number of benzene rings is 1. The summed E-state index contributed by atoms with van der Waals surface area (Å²) in [5.41, 5.74) is 4.49. The highest BCUT2D eigenvalue weighted by Gasteiger charge is 2.24. The van der Waals surface area contributed by atoms with Crippen LogP contribution in [0.1, 0.15) is 22.7 Å². The number of allylic oxidation sites excluding steroid dienone is 1. The molecule has 108 valence electrons. The first-order valence-corrected chi connectivity index (χ1v) is 7.17. The van der Waals surface area contributed by atoms with Crippen molar-refractivity contribution in [3.8, 4) is 0 Å². The van der Waals surface area contributed by atoms with E-state index in [0.29, 0.717) is 0 Å². The normalized spacial score (nSPS) is 16.6. The van der Waals surface area contributed by atoms with Gasteiger partial charge >= 0.3 is 0 Å². The van der Waals surface area contributed by atoms with Crippen LogP contribution in [0.3, 0.4) is 0 Å². The van der Waals surface area contributed by atoms with E-state index >= 15 is 0 Å². The number of hydrogen-bond acceptors (Lipinski definition) is 4. The fourth-order valence-corrected chi connectivity index (χ4v) is 2.76. The van der Waals surface area contributed by atoms with E-state index in [-0.39, 0.29) is 6.04 Å². The second kappa shape index (κ2) is 5.11. The summed E-state index contributed by atoms with van der Waals surface area (Å²) in [4.78, 5) is 8.51. The zero-order valence-corrected chi connectivity index (χ0v) is 12.1. The van der Waals surface area contributed by atoms with Gasteiger partial charge in [0, 0.05) is 23.7 Å². The van der Waals surface area contributed by atoms with Gasteiger partial charge in [-0.2, -0.15) is 10.1 Å². The fraction of sp³-hybridized carbons (Fsp3) is 0.118. The zero-order valence-electron chi connectivity index (χ0n) is 12.1. The number of pyridine rings is 1. The molecule has 5 heteroatoms. The Balaban J connectivity index is 1.86. The van der Waals surface area contributed by atoms with Gasteiger partial charge in [-0.1, -0.05) is 24.3 Å². The van der Waals surface area contributed by atoms with Crippen molar-refractivity contribution >= 4 is 11.6 Å². The average molecular weight is 289 g/mol. The van der Waals surface area contributed by atoms with E-state index < -0.39 is 0 Å². The molecule has 22 heavy (non-hydrogen) atoms. The summed E-state index contributed by atoms with van der Waals surface area (Å²) >= 11 is 0. The molecule has 5 nitrogen and oxygen atoms in total. The van der Waals surface area contributed by atoms with Crippen LogP contribution in [-0.2, 0) is 0 Å². The van der Waals surface area contributed by atoms with Crippen molar-refractivity contribution in [1.29, 1.82) is 0 Å². The van der Waals surface area contributed by atoms with E-state index in [4.69, 9.17) is 0 Å². The number of aromatic nitrogens is 4. The van der Waals surface area contributed by atoms with Crippen LogP contribution in [0.4, 0.5) is 5.95 Å². The molecule has 3 aromatic rings. The Morgan fingerprint density at radius 3 is 2.86 bits per heavy atom. The molecule has 1 aromatic carbocycles. The molecule has 1 aliphatic heterocycles. The smallest absolute Gasteiger partial charge is 0.226 e. The molecule has 0 aliphatic carbocycles. The Kier molecular flexibility index (Phi) is 2.96. The van der Waals surface area contributed by atoms with Crippen LogP contribution in [0.25, 0.3) is 5.70 Å². The molecule has 4 rings (SSSR count). The van der Waals surface area contributed by atoms with E-state index in [9.17, 15) is 0 Å². The summed E-state index contributed by atoms with van der Waals surface area (Å²) in [7, 11) is 0. The minimum Gasteiger partial charge on any atom is -0.324 e. The molecule has 0 bridgehead atoms. The van der Waals surface area contributed by atoms with Crippen LogP contribution in [0.2, 0.25) is 0 Å². The first kappa shape index (κ1) is 12.8. The van der Waals surface area contributed by atoms with Crippen LogP contribution in [0.5, 0.6) is 0 Å². The molecule has 0 amide bonds. The minimum atomic E-state index is 0.0233. The quantitative estimate of drug-likeness (QED) is 0.788. The zero-order chi connectivity index (χ0) is 14.9. The minimum absolute atomic E-state index is 0.0233. The van der Waals surface area contributed by atoms with Crippen molar-refractivity contribution in [1.82, 2.24) is 19.7 Å². The van der Waals surface area contributed by atoms with Crippen LogP contribution >= 0.6 is 0 Å². The van der Waals surface area contributed by atoms with Gasteiger partial charge in [-0.3, -0.25) is 4.98 Å². The van der Waals surface area contributed by atoms with Gasteiger partial charge in [0.15, 0.2) is 0 Å². The Morgan fingerprint density at radius 2 is 2.05 bits per heavy atom. The lowest BCUT2D eigenvalue weighted by Gasteiger charge is -2.25. The summed E-state index contributed by atoms with van der Waals surface area (Å²) in [6, 6.07) is 12.3. The third kappa shape index (κ3) is 2.07. The molecule has 0 spiro atoms. The van der Waals surface area contributed by atoms with E-state index in [2.05, 4.69) is 51.6 Å². The number of hydrogen-bond donors (Lipinski definition) is 1. The van der Waals surface area contributed by atoms with Gasteiger partial charge in [0.2, 0.25) is 5.95 Å². The Labute approximate surface area is 128 Å². The first-order valence-electron chi connectivity index (χ1n) is 7.17. The Bertz CT molecular complexity index is 835. The van der Waals surface area contributed by atoms with E-state index in [0.717, 1.165) is 17.2 Å². The summed E-state index contributed by atoms with van der Waals surface area (Å²) in [5.74, 6) is 0.745. The number of rotatable bonds is 2. The number of nitrogens with one attached hydrogen (secondary N) is 1. The van der Waals surface area contributed by atoms with Crippen molar-refractivity contribution in [3.63, 3.8) is 0 Å². The van der Waals surface area contributed by atoms with Crippen molar-refractivity contribution in [3.05, 3.63) is 77.9 Å². The topological polar surface area (TPSA) is 55.6 Å². The predicted molar refractivity (Wildman–Crippen MR) is 85.2 cm³/mol. The Hall–Kier alpha value is -2.95. The number of anilines is 1. The maximum absolute atomic E-state index is 4.37. The molecule has 0 saturated heterocycles. The van der Waals surface area contributed by atoms with Gasteiger partial charge in [0.25, 0.3) is 0 Å². The molecule has 0 fully saturated rings. The average Bonchev–Trinajstić information content (AvgIpc) is 3.04. The Morgan fingerprint density at radius 1 is 1.14 bits per heavy atom. The van der Waals surface area contributed by atoms with E-state index in [1.54, 1.807) is 12.5 Å². The van der Waals surface area contributed by atoms with Crippen molar-refractivity contribution in [2.75, 3.05) is 5.32 Å². The van der Waals surface area contributed by atoms with E-state index in [1.807, 2.05) is 29.1 Å². The SMILES string of the molecule is Cc1ccccc1[C@@H]1C=C(c2cccnc2)Nc2ncnn21. The molecular weight excluding hydrogens is 274 g/mol.